The molecular formula is C16H19N3OS. The van der Waals surface area contributed by atoms with E-state index in [-0.39, 0.29) is 5.91 Å². The number of hydrogen-bond acceptors (Lipinski definition) is 4. The minimum atomic E-state index is 0.195. The zero-order valence-corrected chi connectivity index (χ0v) is 13.0. The van der Waals surface area contributed by atoms with Gasteiger partial charge in [0.05, 0.1) is 17.8 Å². The highest BCUT2D eigenvalue weighted by molar-refractivity contribution is 7.13. The van der Waals surface area contributed by atoms with E-state index in [4.69, 9.17) is 0 Å². The average molecular weight is 301 g/mol. The zero-order chi connectivity index (χ0) is 14.7. The molecule has 4 nitrogen and oxygen atoms in total. The number of carbonyl (C=O) groups is 1. The number of likely N-dealkylation sites (tertiary alicyclic amines) is 1. The highest BCUT2D eigenvalue weighted by Crippen LogP contribution is 2.23. The van der Waals surface area contributed by atoms with Crippen LogP contribution in [0.5, 0.6) is 0 Å². The van der Waals surface area contributed by atoms with Crippen LogP contribution in [0.3, 0.4) is 0 Å². The summed E-state index contributed by atoms with van der Waals surface area (Å²) in [4.78, 5) is 23.2. The van der Waals surface area contributed by atoms with Gasteiger partial charge in [-0.2, -0.15) is 0 Å². The minimum Gasteiger partial charge on any atom is -0.340 e. The molecule has 110 valence electrons. The number of piperidine rings is 1. The monoisotopic (exact) mass is 301 g/mol. The Morgan fingerprint density at radius 3 is 3.10 bits per heavy atom. The maximum Gasteiger partial charge on any atom is 0.228 e. The first-order valence-corrected chi connectivity index (χ1v) is 8.27. The molecule has 0 bridgehead atoms. The average Bonchev–Trinajstić information content (AvgIpc) is 2.97. The Labute approximate surface area is 128 Å². The van der Waals surface area contributed by atoms with Gasteiger partial charge in [-0.3, -0.25) is 9.78 Å². The molecule has 0 saturated carbocycles. The molecule has 1 saturated heterocycles. The molecule has 5 heteroatoms. The number of amides is 1. The Morgan fingerprint density at radius 2 is 2.33 bits per heavy atom. The van der Waals surface area contributed by atoms with Gasteiger partial charge in [0.2, 0.25) is 5.91 Å². The summed E-state index contributed by atoms with van der Waals surface area (Å²) < 4.78 is 0. The second kappa shape index (κ2) is 6.35. The van der Waals surface area contributed by atoms with Crippen LogP contribution >= 0.6 is 11.3 Å². The molecule has 1 amide bonds. The van der Waals surface area contributed by atoms with Crippen LogP contribution in [0.2, 0.25) is 0 Å². The standard InChI is InChI=1S/C16H19N3OS/c1-12-6-3-5-9-19(12)15(20)10-13-11-21-16(18-13)14-7-2-4-8-17-14/h2,4,7-8,11-12H,3,5-6,9-10H2,1H3. The summed E-state index contributed by atoms with van der Waals surface area (Å²) in [5.41, 5.74) is 1.72. The number of rotatable bonds is 3. The van der Waals surface area contributed by atoms with Gasteiger partial charge >= 0.3 is 0 Å². The van der Waals surface area contributed by atoms with Crippen LogP contribution in [-0.2, 0) is 11.2 Å². The zero-order valence-electron chi connectivity index (χ0n) is 12.2. The number of hydrogen-bond donors (Lipinski definition) is 0. The van der Waals surface area contributed by atoms with Gasteiger partial charge in [-0.15, -0.1) is 11.3 Å². The van der Waals surface area contributed by atoms with E-state index in [0.29, 0.717) is 12.5 Å². The Kier molecular flexibility index (Phi) is 4.29. The summed E-state index contributed by atoms with van der Waals surface area (Å²) in [6.07, 6.45) is 5.62. The topological polar surface area (TPSA) is 46.1 Å². The molecule has 0 aliphatic carbocycles. The molecule has 0 aromatic carbocycles. The van der Waals surface area contributed by atoms with Gasteiger partial charge in [0.25, 0.3) is 0 Å². The largest absolute Gasteiger partial charge is 0.340 e. The van der Waals surface area contributed by atoms with E-state index >= 15 is 0 Å². The third-order valence-electron chi connectivity index (χ3n) is 3.89. The molecule has 1 aliphatic rings. The fourth-order valence-electron chi connectivity index (χ4n) is 2.72. The highest BCUT2D eigenvalue weighted by atomic mass is 32.1. The lowest BCUT2D eigenvalue weighted by Crippen LogP contribution is -2.42. The van der Waals surface area contributed by atoms with Gasteiger partial charge in [-0.05, 0) is 38.3 Å². The molecule has 21 heavy (non-hydrogen) atoms. The van der Waals surface area contributed by atoms with Crippen LogP contribution in [0.4, 0.5) is 0 Å². The molecule has 2 aromatic heterocycles. The molecule has 1 fully saturated rings. The molecule has 0 N–H and O–H groups in total. The van der Waals surface area contributed by atoms with Gasteiger partial charge in [-0.25, -0.2) is 4.98 Å². The third-order valence-corrected chi connectivity index (χ3v) is 4.81. The van der Waals surface area contributed by atoms with Crippen molar-refractivity contribution in [2.45, 2.75) is 38.6 Å². The summed E-state index contributed by atoms with van der Waals surface area (Å²) in [5, 5.41) is 2.85. The summed E-state index contributed by atoms with van der Waals surface area (Å²) in [6.45, 7) is 3.02. The van der Waals surface area contributed by atoms with Crippen molar-refractivity contribution in [3.05, 3.63) is 35.5 Å². The van der Waals surface area contributed by atoms with Crippen molar-refractivity contribution in [3.8, 4) is 10.7 Å². The lowest BCUT2D eigenvalue weighted by molar-refractivity contribution is -0.133. The molecule has 1 atom stereocenters. The van der Waals surface area contributed by atoms with Crippen molar-refractivity contribution in [1.29, 1.82) is 0 Å². The van der Waals surface area contributed by atoms with Crippen LogP contribution in [0, 0.1) is 0 Å². The van der Waals surface area contributed by atoms with E-state index in [1.807, 2.05) is 28.5 Å². The number of pyridine rings is 1. The normalized spacial score (nSPS) is 18.7. The van der Waals surface area contributed by atoms with E-state index in [1.54, 1.807) is 17.5 Å². The van der Waals surface area contributed by atoms with Crippen molar-refractivity contribution >= 4 is 17.2 Å². The summed E-state index contributed by atoms with van der Waals surface area (Å²) in [7, 11) is 0. The van der Waals surface area contributed by atoms with Crippen molar-refractivity contribution in [2.75, 3.05) is 6.54 Å². The van der Waals surface area contributed by atoms with Crippen molar-refractivity contribution in [1.82, 2.24) is 14.9 Å². The van der Waals surface area contributed by atoms with E-state index < -0.39 is 0 Å². The van der Waals surface area contributed by atoms with E-state index in [9.17, 15) is 4.79 Å². The van der Waals surface area contributed by atoms with Gasteiger partial charge < -0.3 is 4.90 Å². The Hall–Kier alpha value is -1.75. The first-order valence-electron chi connectivity index (χ1n) is 7.39. The Morgan fingerprint density at radius 1 is 1.43 bits per heavy atom. The molecular weight excluding hydrogens is 282 g/mol. The van der Waals surface area contributed by atoms with Crippen LogP contribution < -0.4 is 0 Å². The van der Waals surface area contributed by atoms with Gasteiger partial charge in [0.15, 0.2) is 0 Å². The predicted molar refractivity (Wildman–Crippen MR) is 84.1 cm³/mol. The molecule has 1 unspecified atom stereocenters. The first kappa shape index (κ1) is 14.2. The van der Waals surface area contributed by atoms with Crippen molar-refractivity contribution in [3.63, 3.8) is 0 Å². The second-order valence-electron chi connectivity index (χ2n) is 5.47. The van der Waals surface area contributed by atoms with Gasteiger partial charge in [0.1, 0.15) is 5.01 Å². The maximum atomic E-state index is 12.4. The van der Waals surface area contributed by atoms with Crippen LogP contribution in [-0.4, -0.2) is 33.4 Å². The fourth-order valence-corrected chi connectivity index (χ4v) is 3.52. The number of carbonyl (C=O) groups excluding carboxylic acids is 1. The lowest BCUT2D eigenvalue weighted by atomic mass is 10.0. The molecule has 0 spiro atoms. The Balaban J connectivity index is 1.68. The molecule has 1 aliphatic heterocycles. The number of thiazole rings is 1. The maximum absolute atomic E-state index is 12.4. The quantitative estimate of drug-likeness (QED) is 0.875. The van der Waals surface area contributed by atoms with Crippen molar-refractivity contribution < 1.29 is 4.79 Å². The second-order valence-corrected chi connectivity index (χ2v) is 6.33. The SMILES string of the molecule is CC1CCCCN1C(=O)Cc1csc(-c2ccccn2)n1. The predicted octanol–water partition coefficient (Wildman–Crippen LogP) is 3.15. The third kappa shape index (κ3) is 3.29. The van der Waals surface area contributed by atoms with Crippen LogP contribution in [0.15, 0.2) is 29.8 Å². The number of nitrogens with zero attached hydrogens (tertiary/aromatic N) is 3. The van der Waals surface area contributed by atoms with Crippen LogP contribution in [0.1, 0.15) is 31.9 Å². The Bertz CT molecular complexity index is 611. The smallest absolute Gasteiger partial charge is 0.228 e. The highest BCUT2D eigenvalue weighted by Gasteiger charge is 2.23. The van der Waals surface area contributed by atoms with E-state index in [0.717, 1.165) is 35.8 Å². The molecule has 3 rings (SSSR count). The minimum absolute atomic E-state index is 0.195. The summed E-state index contributed by atoms with van der Waals surface area (Å²) in [5.74, 6) is 0.195. The molecule has 2 aromatic rings. The van der Waals surface area contributed by atoms with Crippen LogP contribution in [0.25, 0.3) is 10.7 Å². The first-order chi connectivity index (χ1) is 10.2. The molecule has 0 radical (unpaired) electrons. The van der Waals surface area contributed by atoms with Crippen molar-refractivity contribution in [2.24, 2.45) is 0 Å². The van der Waals surface area contributed by atoms with Gasteiger partial charge in [-0.1, -0.05) is 6.07 Å². The van der Waals surface area contributed by atoms with E-state index in [2.05, 4.69) is 16.9 Å². The summed E-state index contributed by atoms with van der Waals surface area (Å²) in [6, 6.07) is 6.14. The summed E-state index contributed by atoms with van der Waals surface area (Å²) >= 11 is 1.55. The fraction of sp³-hybridized carbons (Fsp3) is 0.438. The van der Waals surface area contributed by atoms with E-state index in [1.165, 1.54) is 6.42 Å². The lowest BCUT2D eigenvalue weighted by Gasteiger charge is -2.33. The molecule has 3 heterocycles. The van der Waals surface area contributed by atoms with Gasteiger partial charge in [0, 0.05) is 24.2 Å². The number of aromatic nitrogens is 2.